The lowest BCUT2D eigenvalue weighted by Gasteiger charge is -2.16. The van der Waals surface area contributed by atoms with Gasteiger partial charge in [-0.2, -0.15) is 13.2 Å². The highest BCUT2D eigenvalue weighted by Gasteiger charge is 2.38. The van der Waals surface area contributed by atoms with Gasteiger partial charge in [-0.25, -0.2) is 27.9 Å². The average molecular weight is 584 g/mol. The van der Waals surface area contributed by atoms with Crippen molar-refractivity contribution in [2.45, 2.75) is 35.2 Å². The highest BCUT2D eigenvalue weighted by Crippen LogP contribution is 2.31. The summed E-state index contributed by atoms with van der Waals surface area (Å²) in [4.78, 5) is 30.5. The van der Waals surface area contributed by atoms with Gasteiger partial charge in [-0.05, 0) is 68.1 Å². The molecule has 208 valence electrons. The molecular formula is C24H24F3N5O5S2. The van der Waals surface area contributed by atoms with E-state index < -0.39 is 22.2 Å². The maximum absolute atomic E-state index is 12.2. The fraction of sp³-hybridized carbons (Fsp3) is 0.250. The number of hydrogen-bond acceptors (Lipinski definition) is 9. The Labute approximate surface area is 226 Å². The molecule has 10 nitrogen and oxygen atoms in total. The topological polar surface area (TPSA) is 150 Å². The molecule has 1 aliphatic carbocycles. The van der Waals surface area contributed by atoms with E-state index >= 15 is 0 Å². The van der Waals surface area contributed by atoms with Gasteiger partial charge in [-0.1, -0.05) is 0 Å². The van der Waals surface area contributed by atoms with Crippen LogP contribution in [0.2, 0.25) is 0 Å². The predicted molar refractivity (Wildman–Crippen MR) is 140 cm³/mol. The summed E-state index contributed by atoms with van der Waals surface area (Å²) in [5, 5.41) is 13.6. The molecule has 0 aliphatic heterocycles. The fourth-order valence-corrected chi connectivity index (χ4v) is 4.86. The number of nitrogens with zero attached hydrogens (tertiary/aromatic N) is 2. The number of carbonyl (C=O) groups excluding carboxylic acids is 1. The molecule has 2 aromatic carbocycles. The molecule has 1 aromatic heterocycles. The second-order valence-corrected chi connectivity index (χ2v) is 10.8. The zero-order valence-electron chi connectivity index (χ0n) is 20.7. The number of ketones is 1. The second kappa shape index (κ2) is 12.4. The quantitative estimate of drug-likeness (QED) is 0.287. The normalized spacial score (nSPS) is 13.1. The number of fused-ring (bicyclic) bond motifs is 1. The van der Waals surface area contributed by atoms with Crippen LogP contribution in [0.15, 0.2) is 58.6 Å². The molecule has 1 heterocycles. The Morgan fingerprint density at radius 2 is 1.69 bits per heavy atom. The Morgan fingerprint density at radius 3 is 2.31 bits per heavy atom. The number of aromatic nitrogens is 2. The van der Waals surface area contributed by atoms with Gasteiger partial charge in [0, 0.05) is 28.6 Å². The molecule has 4 N–H and O–H groups in total. The number of hydrogen-bond donors (Lipinski definition) is 4. The van der Waals surface area contributed by atoms with Gasteiger partial charge in [-0.3, -0.25) is 4.79 Å². The number of anilines is 4. The van der Waals surface area contributed by atoms with Gasteiger partial charge in [0.1, 0.15) is 18.0 Å². The van der Waals surface area contributed by atoms with Gasteiger partial charge in [0.05, 0.1) is 10.6 Å². The van der Waals surface area contributed by atoms with Crippen LogP contribution in [0.25, 0.3) is 0 Å². The molecule has 0 saturated carbocycles. The summed E-state index contributed by atoms with van der Waals surface area (Å²) in [6.07, 6.45) is 0.628. The molecular weight excluding hydrogens is 559 g/mol. The highest BCUT2D eigenvalue weighted by atomic mass is 32.2. The molecule has 4 rings (SSSR count). The second-order valence-electron chi connectivity index (χ2n) is 8.06. The number of carboxylic acid groups (broad SMARTS) is 1. The van der Waals surface area contributed by atoms with E-state index in [4.69, 9.17) is 9.90 Å². The van der Waals surface area contributed by atoms with Crippen molar-refractivity contribution in [3.8, 4) is 0 Å². The Bertz CT molecular complexity index is 1480. The lowest BCUT2D eigenvalue weighted by molar-refractivity contribution is -0.192. The van der Waals surface area contributed by atoms with E-state index in [1.807, 2.05) is 24.5 Å². The maximum atomic E-state index is 12.2. The smallest absolute Gasteiger partial charge is 0.475 e. The van der Waals surface area contributed by atoms with Crippen molar-refractivity contribution in [3.05, 3.63) is 59.9 Å². The third-order valence-corrected chi connectivity index (χ3v) is 7.66. The maximum Gasteiger partial charge on any atom is 0.490 e. The molecule has 1 aliphatic rings. The number of carbonyl (C=O) groups is 2. The van der Waals surface area contributed by atoms with Crippen LogP contribution in [0.3, 0.4) is 0 Å². The van der Waals surface area contributed by atoms with Gasteiger partial charge < -0.3 is 15.7 Å². The van der Waals surface area contributed by atoms with Crippen LogP contribution < -0.4 is 15.4 Å². The zero-order valence-corrected chi connectivity index (χ0v) is 22.3. The van der Waals surface area contributed by atoms with E-state index in [9.17, 15) is 26.4 Å². The first-order chi connectivity index (χ1) is 18.3. The Balaban J connectivity index is 0.000000532. The van der Waals surface area contributed by atoms with Gasteiger partial charge in [0.25, 0.3) is 0 Å². The van der Waals surface area contributed by atoms with E-state index in [2.05, 4.69) is 25.3 Å². The number of Topliss-reactive ketones (excluding diaryl/α,β-unsaturated/α-hetero) is 1. The summed E-state index contributed by atoms with van der Waals surface area (Å²) in [6.45, 7) is 0. The predicted octanol–water partition coefficient (Wildman–Crippen LogP) is 4.75. The number of thioether (sulfide) groups is 1. The minimum absolute atomic E-state index is 0.163. The van der Waals surface area contributed by atoms with Crippen LogP contribution in [0, 0.1) is 0 Å². The molecule has 0 atom stereocenters. The summed E-state index contributed by atoms with van der Waals surface area (Å²) in [7, 11) is -2.19. The third-order valence-electron chi connectivity index (χ3n) is 5.45. The zero-order chi connectivity index (χ0) is 28.8. The SMILES string of the molecule is CNS(=O)(=O)c1ccc(SC)c(Nc2cc(Nc3ccc4c(c3)CCCC4=O)ncn2)c1.O=C(O)C(F)(F)F. The van der Waals surface area contributed by atoms with Crippen molar-refractivity contribution in [2.24, 2.45) is 0 Å². The van der Waals surface area contributed by atoms with Crippen molar-refractivity contribution in [1.82, 2.24) is 14.7 Å². The summed E-state index contributed by atoms with van der Waals surface area (Å²) in [5.74, 6) is -1.47. The highest BCUT2D eigenvalue weighted by molar-refractivity contribution is 7.98. The van der Waals surface area contributed by atoms with Crippen LogP contribution in [0.5, 0.6) is 0 Å². The van der Waals surface area contributed by atoms with Crippen LogP contribution >= 0.6 is 11.8 Å². The summed E-state index contributed by atoms with van der Waals surface area (Å²) >= 11 is 1.50. The van der Waals surface area contributed by atoms with Crippen molar-refractivity contribution >= 4 is 56.5 Å². The first kappa shape index (κ1) is 29.9. The molecule has 0 amide bonds. The summed E-state index contributed by atoms with van der Waals surface area (Å²) in [5.41, 5.74) is 3.32. The Kier molecular flexibility index (Phi) is 9.53. The number of benzene rings is 2. The molecule has 0 fully saturated rings. The number of nitrogens with one attached hydrogen (secondary N) is 3. The number of halogens is 3. The van der Waals surface area contributed by atoms with Gasteiger partial charge >= 0.3 is 12.1 Å². The minimum atomic E-state index is -5.08. The van der Waals surface area contributed by atoms with E-state index in [0.717, 1.165) is 34.6 Å². The van der Waals surface area contributed by atoms with E-state index in [1.54, 1.807) is 24.3 Å². The standard InChI is InChI=1S/C22H23N5O3S2.C2HF3O2/c1-23-32(29,30)16-7-9-20(31-2)18(11-16)27-22-12-21(24-13-25-22)26-15-6-8-17-14(10-15)4-3-5-19(17)28;3-2(4,5)1(6)7/h6-13,23H,3-5H2,1-2H3,(H2,24,25,26,27);(H,6,7). The molecule has 15 heteroatoms. The lowest BCUT2D eigenvalue weighted by atomic mass is 9.90. The van der Waals surface area contributed by atoms with Crippen LogP contribution in [0.4, 0.5) is 36.2 Å². The van der Waals surface area contributed by atoms with E-state index in [0.29, 0.717) is 23.7 Å². The Morgan fingerprint density at radius 1 is 1.03 bits per heavy atom. The van der Waals surface area contributed by atoms with E-state index in [-0.39, 0.29) is 10.7 Å². The largest absolute Gasteiger partial charge is 0.490 e. The molecule has 0 bridgehead atoms. The number of rotatable bonds is 7. The van der Waals surface area contributed by atoms with Crippen molar-refractivity contribution in [1.29, 1.82) is 0 Å². The fourth-order valence-electron chi connectivity index (χ4n) is 3.57. The molecule has 0 spiro atoms. The molecule has 0 unspecified atom stereocenters. The van der Waals surface area contributed by atoms with Crippen molar-refractivity contribution < 1.29 is 36.3 Å². The molecule has 39 heavy (non-hydrogen) atoms. The van der Waals surface area contributed by atoms with Crippen LogP contribution in [-0.2, 0) is 21.2 Å². The molecule has 0 radical (unpaired) electrons. The van der Waals surface area contributed by atoms with E-state index in [1.165, 1.54) is 25.1 Å². The van der Waals surface area contributed by atoms with Gasteiger partial charge in [0.15, 0.2) is 5.78 Å². The van der Waals surface area contributed by atoms with Crippen LogP contribution in [-0.4, -0.2) is 54.7 Å². The van der Waals surface area contributed by atoms with Crippen molar-refractivity contribution in [3.63, 3.8) is 0 Å². The number of sulfonamides is 1. The third kappa shape index (κ3) is 7.91. The Hall–Kier alpha value is -3.69. The van der Waals surface area contributed by atoms with Crippen molar-refractivity contribution in [2.75, 3.05) is 23.9 Å². The molecule has 0 saturated heterocycles. The number of carboxylic acids is 1. The van der Waals surface area contributed by atoms with Crippen LogP contribution in [0.1, 0.15) is 28.8 Å². The van der Waals surface area contributed by atoms with Gasteiger partial charge in [0.2, 0.25) is 10.0 Å². The number of aliphatic carboxylic acids is 1. The number of alkyl halides is 3. The molecule has 3 aromatic rings. The first-order valence-electron chi connectivity index (χ1n) is 11.3. The monoisotopic (exact) mass is 583 g/mol. The number of aryl methyl sites for hydroxylation is 1. The summed E-state index contributed by atoms with van der Waals surface area (Å²) < 4.78 is 58.4. The first-order valence-corrected chi connectivity index (χ1v) is 14.0. The summed E-state index contributed by atoms with van der Waals surface area (Å²) in [6, 6.07) is 12.4. The van der Waals surface area contributed by atoms with Gasteiger partial charge in [-0.15, -0.1) is 11.8 Å². The average Bonchev–Trinajstić information content (AvgIpc) is 2.89. The minimum Gasteiger partial charge on any atom is -0.475 e. The lowest BCUT2D eigenvalue weighted by Crippen LogP contribution is -2.21.